The Morgan fingerprint density at radius 1 is 1.48 bits per heavy atom. The summed E-state index contributed by atoms with van der Waals surface area (Å²) in [4.78, 5) is 24.4. The third-order valence-electron chi connectivity index (χ3n) is 3.77. The van der Waals surface area contributed by atoms with Crippen LogP contribution in [0.3, 0.4) is 0 Å². The van der Waals surface area contributed by atoms with Crippen molar-refractivity contribution in [1.29, 1.82) is 0 Å². The highest BCUT2D eigenvalue weighted by Gasteiger charge is 2.41. The van der Waals surface area contributed by atoms with Gasteiger partial charge in [0, 0.05) is 25.2 Å². The molecule has 1 rings (SSSR count). The highest BCUT2D eigenvalue weighted by Crippen LogP contribution is 2.34. The molecule has 0 spiro atoms. The number of ether oxygens (including phenoxy) is 2. The summed E-state index contributed by atoms with van der Waals surface area (Å²) in [6.45, 7) is 4.16. The Morgan fingerprint density at radius 3 is 2.70 bits per heavy atom. The smallest absolute Gasteiger partial charge is 0.144 e. The fraction of sp³-hybridized carbons (Fsp3) is 0.556. The standard InChI is InChI=1S/C18H23FO4/c1-5-13-10-14(19)18(16(11-13)22-4)17(12(3)20)15(21)8-7-9-23-6-2/h1,10-11,14,17-18H,6-9H2,2-4H3. The van der Waals surface area contributed by atoms with E-state index in [4.69, 9.17) is 15.9 Å². The van der Waals surface area contributed by atoms with Gasteiger partial charge in [-0.25, -0.2) is 4.39 Å². The predicted octanol–water partition coefficient (Wildman–Crippen LogP) is 2.64. The van der Waals surface area contributed by atoms with E-state index in [2.05, 4.69) is 5.92 Å². The molecule has 0 aromatic heterocycles. The van der Waals surface area contributed by atoms with Crippen molar-refractivity contribution in [2.24, 2.45) is 11.8 Å². The van der Waals surface area contributed by atoms with Crippen LogP contribution in [0.2, 0.25) is 0 Å². The Morgan fingerprint density at radius 2 is 2.17 bits per heavy atom. The Hall–Kier alpha value is -1.93. The molecule has 0 heterocycles. The van der Waals surface area contributed by atoms with Gasteiger partial charge in [0.2, 0.25) is 0 Å². The van der Waals surface area contributed by atoms with Gasteiger partial charge in [0.25, 0.3) is 0 Å². The molecular weight excluding hydrogens is 299 g/mol. The van der Waals surface area contributed by atoms with Gasteiger partial charge < -0.3 is 9.47 Å². The number of terminal acetylenes is 1. The number of halogens is 1. The number of carbonyl (C=O) groups excluding carboxylic acids is 2. The van der Waals surface area contributed by atoms with Crippen molar-refractivity contribution in [3.63, 3.8) is 0 Å². The van der Waals surface area contributed by atoms with E-state index in [1.54, 1.807) is 0 Å². The normalized spacial score (nSPS) is 21.7. The van der Waals surface area contributed by atoms with E-state index < -0.39 is 18.0 Å². The molecule has 0 saturated carbocycles. The quantitative estimate of drug-likeness (QED) is 0.372. The molecule has 0 aliphatic heterocycles. The molecule has 0 N–H and O–H groups in total. The molecule has 0 aromatic carbocycles. The fourth-order valence-electron chi connectivity index (χ4n) is 2.69. The number of carbonyl (C=O) groups is 2. The van der Waals surface area contributed by atoms with Gasteiger partial charge in [0.15, 0.2) is 0 Å². The third kappa shape index (κ3) is 5.04. The van der Waals surface area contributed by atoms with Crippen LogP contribution in [0.5, 0.6) is 0 Å². The number of hydrogen-bond acceptors (Lipinski definition) is 4. The first kappa shape index (κ1) is 19.1. The second kappa shape index (κ2) is 9.26. The molecule has 0 fully saturated rings. The summed E-state index contributed by atoms with van der Waals surface area (Å²) in [6, 6.07) is 0. The number of methoxy groups -OCH3 is 1. The average molecular weight is 322 g/mol. The summed E-state index contributed by atoms with van der Waals surface area (Å²) in [5, 5.41) is 0. The molecule has 1 aliphatic carbocycles. The molecule has 3 atom stereocenters. The van der Waals surface area contributed by atoms with Gasteiger partial charge in [0.05, 0.1) is 18.9 Å². The van der Waals surface area contributed by atoms with Crippen LogP contribution in [0, 0.1) is 24.2 Å². The minimum absolute atomic E-state index is 0.163. The highest BCUT2D eigenvalue weighted by atomic mass is 19.1. The molecule has 126 valence electrons. The molecule has 0 amide bonds. The van der Waals surface area contributed by atoms with Crippen molar-refractivity contribution in [2.75, 3.05) is 20.3 Å². The molecule has 0 bridgehead atoms. The summed E-state index contributed by atoms with van der Waals surface area (Å²) in [5.74, 6) is -0.144. The number of Topliss-reactive ketones (excluding diaryl/α,β-unsaturated/α-hetero) is 2. The van der Waals surface area contributed by atoms with Crippen LogP contribution in [0.4, 0.5) is 4.39 Å². The lowest BCUT2D eigenvalue weighted by molar-refractivity contribution is -0.135. The maximum Gasteiger partial charge on any atom is 0.144 e. The van der Waals surface area contributed by atoms with Crippen LogP contribution < -0.4 is 0 Å². The van der Waals surface area contributed by atoms with Crippen LogP contribution in [0.25, 0.3) is 0 Å². The van der Waals surface area contributed by atoms with E-state index in [1.807, 2.05) is 6.92 Å². The van der Waals surface area contributed by atoms with Gasteiger partial charge >= 0.3 is 0 Å². The minimum Gasteiger partial charge on any atom is -0.501 e. The molecule has 0 saturated heterocycles. The van der Waals surface area contributed by atoms with E-state index in [0.717, 1.165) is 0 Å². The average Bonchev–Trinajstić information content (AvgIpc) is 2.52. The van der Waals surface area contributed by atoms with Gasteiger partial charge in [-0.3, -0.25) is 9.59 Å². The van der Waals surface area contributed by atoms with Crippen LogP contribution in [-0.2, 0) is 19.1 Å². The van der Waals surface area contributed by atoms with E-state index in [-0.39, 0.29) is 23.7 Å². The fourth-order valence-corrected chi connectivity index (χ4v) is 2.69. The van der Waals surface area contributed by atoms with Crippen molar-refractivity contribution in [1.82, 2.24) is 0 Å². The molecular formula is C18H23FO4. The zero-order valence-corrected chi connectivity index (χ0v) is 13.8. The molecule has 3 unspecified atom stereocenters. The maximum atomic E-state index is 14.5. The topological polar surface area (TPSA) is 52.6 Å². The van der Waals surface area contributed by atoms with Crippen molar-refractivity contribution in [3.8, 4) is 12.3 Å². The van der Waals surface area contributed by atoms with Crippen molar-refractivity contribution in [2.45, 2.75) is 32.9 Å². The monoisotopic (exact) mass is 322 g/mol. The lowest BCUT2D eigenvalue weighted by Gasteiger charge is -2.29. The van der Waals surface area contributed by atoms with Gasteiger partial charge in [-0.05, 0) is 32.4 Å². The van der Waals surface area contributed by atoms with Gasteiger partial charge in [-0.1, -0.05) is 5.92 Å². The minimum atomic E-state index is -1.54. The Bertz CT molecular complexity index is 542. The second-order valence-electron chi connectivity index (χ2n) is 5.34. The maximum absolute atomic E-state index is 14.5. The van der Waals surface area contributed by atoms with Crippen LogP contribution in [0.1, 0.15) is 26.7 Å². The first-order valence-electron chi connectivity index (χ1n) is 7.65. The largest absolute Gasteiger partial charge is 0.501 e. The zero-order chi connectivity index (χ0) is 17.4. The summed E-state index contributed by atoms with van der Waals surface area (Å²) in [6.07, 6.45) is 7.16. The van der Waals surface area contributed by atoms with E-state index in [0.29, 0.717) is 25.2 Å². The first-order chi connectivity index (χ1) is 11.0. The number of hydrogen-bond donors (Lipinski definition) is 0. The Balaban J connectivity index is 2.94. The third-order valence-corrected chi connectivity index (χ3v) is 3.77. The molecule has 1 aliphatic rings. The lowest BCUT2D eigenvalue weighted by Crippen LogP contribution is -2.38. The molecule has 4 nitrogen and oxygen atoms in total. The van der Waals surface area contributed by atoms with Gasteiger partial charge in [-0.15, -0.1) is 6.42 Å². The van der Waals surface area contributed by atoms with Gasteiger partial charge in [0.1, 0.15) is 23.5 Å². The van der Waals surface area contributed by atoms with E-state index in [1.165, 1.54) is 26.2 Å². The van der Waals surface area contributed by atoms with Crippen LogP contribution in [-0.4, -0.2) is 38.1 Å². The van der Waals surface area contributed by atoms with Crippen LogP contribution in [0.15, 0.2) is 23.5 Å². The summed E-state index contributed by atoms with van der Waals surface area (Å²) < 4.78 is 24.9. The first-order valence-corrected chi connectivity index (χ1v) is 7.65. The number of alkyl halides is 1. The van der Waals surface area contributed by atoms with Gasteiger partial charge in [-0.2, -0.15) is 0 Å². The van der Waals surface area contributed by atoms with Crippen LogP contribution >= 0.6 is 0 Å². The molecule has 0 aromatic rings. The lowest BCUT2D eigenvalue weighted by atomic mass is 9.77. The zero-order valence-electron chi connectivity index (χ0n) is 13.8. The van der Waals surface area contributed by atoms with Crippen molar-refractivity contribution in [3.05, 3.63) is 23.5 Å². The Labute approximate surface area is 136 Å². The van der Waals surface area contributed by atoms with E-state index >= 15 is 0 Å². The number of ketones is 2. The number of allylic oxidation sites excluding steroid dienone is 4. The molecule has 23 heavy (non-hydrogen) atoms. The summed E-state index contributed by atoms with van der Waals surface area (Å²) in [7, 11) is 1.38. The second-order valence-corrected chi connectivity index (χ2v) is 5.34. The Kier molecular flexibility index (Phi) is 7.70. The van der Waals surface area contributed by atoms with E-state index in [9.17, 15) is 14.0 Å². The molecule has 0 radical (unpaired) electrons. The number of rotatable bonds is 9. The SMILES string of the molecule is C#CC1=CC(F)C(C(C(C)=O)C(=O)CCCOCC)C(OC)=C1. The predicted molar refractivity (Wildman–Crippen MR) is 85.3 cm³/mol. The molecule has 5 heteroatoms. The summed E-state index contributed by atoms with van der Waals surface area (Å²) in [5.41, 5.74) is 0.344. The van der Waals surface area contributed by atoms with Crippen molar-refractivity contribution < 1.29 is 23.5 Å². The summed E-state index contributed by atoms with van der Waals surface area (Å²) >= 11 is 0. The van der Waals surface area contributed by atoms with Crippen molar-refractivity contribution >= 4 is 11.6 Å². The highest BCUT2D eigenvalue weighted by molar-refractivity contribution is 6.02.